The van der Waals surface area contributed by atoms with Gasteiger partial charge in [-0.15, -0.1) is 0 Å². The van der Waals surface area contributed by atoms with Crippen LogP contribution in [-0.2, 0) is 18.6 Å². The van der Waals surface area contributed by atoms with Crippen LogP contribution in [0.3, 0.4) is 0 Å². The summed E-state index contributed by atoms with van der Waals surface area (Å²) < 4.78 is 46.4. The van der Waals surface area contributed by atoms with Gasteiger partial charge in [0.1, 0.15) is 29.7 Å². The zero-order chi connectivity index (χ0) is 27.2. The van der Waals surface area contributed by atoms with Gasteiger partial charge in [0.2, 0.25) is 5.82 Å². The SMILES string of the molecule is CC(N[P@@](=O)(Oc1cccc2ccccc12)OC1([C@H]2O[C@@H](n3cc(F)c(=O)[nH]c3=O)C[C@@H]2O)CC1)C(=O)O. The van der Waals surface area contributed by atoms with Crippen LogP contribution in [0.25, 0.3) is 10.8 Å². The number of nitrogens with one attached hydrogen (secondary N) is 2. The summed E-state index contributed by atoms with van der Waals surface area (Å²) in [5, 5.41) is 24.1. The van der Waals surface area contributed by atoms with Crippen molar-refractivity contribution in [1.29, 1.82) is 0 Å². The minimum absolute atomic E-state index is 0.144. The fraction of sp³-hybridized carbons (Fsp3) is 0.375. The molecule has 0 amide bonds. The molecule has 2 aromatic carbocycles. The molecule has 5 atom stereocenters. The highest BCUT2D eigenvalue weighted by molar-refractivity contribution is 7.52. The molecule has 14 heteroatoms. The first kappa shape index (κ1) is 26.3. The summed E-state index contributed by atoms with van der Waals surface area (Å²) in [4.78, 5) is 37.0. The predicted octanol–water partition coefficient (Wildman–Crippen LogP) is 2.28. The molecule has 5 rings (SSSR count). The van der Waals surface area contributed by atoms with Gasteiger partial charge < -0.3 is 19.5 Å². The van der Waals surface area contributed by atoms with Crippen LogP contribution in [0.4, 0.5) is 4.39 Å². The number of aliphatic hydroxyl groups excluding tert-OH is 1. The number of nitrogens with zero attached hydrogens (tertiary/aromatic N) is 1. The normalized spacial score (nSPS) is 24.6. The third kappa shape index (κ3) is 5.03. The highest BCUT2D eigenvalue weighted by atomic mass is 31.2. The molecule has 3 aromatic rings. The molecule has 0 spiro atoms. The second kappa shape index (κ2) is 9.75. The van der Waals surface area contributed by atoms with Crippen molar-refractivity contribution in [2.75, 3.05) is 0 Å². The number of aliphatic hydroxyl groups is 1. The van der Waals surface area contributed by atoms with Gasteiger partial charge in [0.15, 0.2) is 0 Å². The Morgan fingerprint density at radius 3 is 2.68 bits per heavy atom. The van der Waals surface area contributed by atoms with E-state index < -0.39 is 60.9 Å². The molecule has 4 N–H and O–H groups in total. The van der Waals surface area contributed by atoms with E-state index in [0.29, 0.717) is 11.6 Å². The van der Waals surface area contributed by atoms with E-state index in [-0.39, 0.29) is 25.0 Å². The molecular weight excluding hydrogens is 524 g/mol. The van der Waals surface area contributed by atoms with Gasteiger partial charge in [0, 0.05) is 11.8 Å². The van der Waals surface area contributed by atoms with E-state index >= 15 is 0 Å². The van der Waals surface area contributed by atoms with Crippen LogP contribution < -0.4 is 20.9 Å². The Kier molecular flexibility index (Phi) is 6.74. The summed E-state index contributed by atoms with van der Waals surface area (Å²) in [5.41, 5.74) is -3.46. The van der Waals surface area contributed by atoms with Crippen LogP contribution in [0.5, 0.6) is 5.75 Å². The fourth-order valence-electron chi connectivity index (χ4n) is 4.53. The Labute approximate surface area is 214 Å². The summed E-state index contributed by atoms with van der Waals surface area (Å²) in [6.07, 6.45) is -2.36. The maximum absolute atomic E-state index is 14.0. The van der Waals surface area contributed by atoms with Gasteiger partial charge in [-0.1, -0.05) is 36.4 Å². The van der Waals surface area contributed by atoms with Crippen LogP contribution in [0.1, 0.15) is 32.4 Å². The fourth-order valence-corrected chi connectivity index (χ4v) is 6.44. The number of hydrogen-bond acceptors (Lipinski definition) is 8. The van der Waals surface area contributed by atoms with Crippen LogP contribution in [0.15, 0.2) is 58.3 Å². The van der Waals surface area contributed by atoms with Crippen LogP contribution >= 0.6 is 7.75 Å². The van der Waals surface area contributed by atoms with Gasteiger partial charge in [-0.3, -0.25) is 23.7 Å². The maximum Gasteiger partial charge on any atom is 0.460 e. The van der Waals surface area contributed by atoms with E-state index in [1.165, 1.54) is 6.92 Å². The Bertz CT molecular complexity index is 1550. The largest absolute Gasteiger partial charge is 0.480 e. The topological polar surface area (TPSA) is 169 Å². The predicted molar refractivity (Wildman–Crippen MR) is 131 cm³/mol. The van der Waals surface area contributed by atoms with Crippen molar-refractivity contribution in [3.63, 3.8) is 0 Å². The number of carboxylic acids is 1. The molecule has 202 valence electrons. The molecule has 0 bridgehead atoms. The lowest BCUT2D eigenvalue weighted by Gasteiger charge is -2.31. The molecule has 1 aliphatic carbocycles. The van der Waals surface area contributed by atoms with Gasteiger partial charge >= 0.3 is 19.4 Å². The molecule has 1 aromatic heterocycles. The third-order valence-corrected chi connectivity index (χ3v) is 8.33. The minimum Gasteiger partial charge on any atom is -0.480 e. The highest BCUT2D eigenvalue weighted by Crippen LogP contribution is 2.60. The number of carbonyl (C=O) groups is 1. The quantitative estimate of drug-likeness (QED) is 0.291. The average molecular weight is 549 g/mol. The lowest BCUT2D eigenvalue weighted by molar-refractivity contribution is -0.138. The Hall–Kier alpha value is -3.35. The summed E-state index contributed by atoms with van der Waals surface area (Å²) in [7, 11) is -4.41. The molecule has 2 heterocycles. The van der Waals surface area contributed by atoms with Crippen LogP contribution in [-0.4, -0.2) is 49.6 Å². The lowest BCUT2D eigenvalue weighted by atomic mass is 10.1. The number of ether oxygens (including phenoxy) is 1. The van der Waals surface area contributed by atoms with Gasteiger partial charge in [-0.05, 0) is 31.2 Å². The van der Waals surface area contributed by atoms with Crippen LogP contribution in [0.2, 0.25) is 0 Å². The number of aliphatic carboxylic acids is 1. The molecular formula is C24H25FN3O9P. The maximum atomic E-state index is 14.0. The summed E-state index contributed by atoms with van der Waals surface area (Å²) in [5.74, 6) is -2.31. The first-order chi connectivity index (χ1) is 18.0. The molecule has 1 saturated heterocycles. The number of fused-ring (bicyclic) bond motifs is 1. The number of carboxylic acid groups (broad SMARTS) is 1. The van der Waals surface area contributed by atoms with Gasteiger partial charge in [-0.2, -0.15) is 9.48 Å². The first-order valence-electron chi connectivity index (χ1n) is 11.8. The average Bonchev–Trinajstić information content (AvgIpc) is 3.52. The standard InChI is InChI=1S/C24H25FN3O9P/c1-13(22(31)32)27-38(34,36-18-8-4-6-14-5-2-3-7-15(14)18)37-24(9-10-24)20-17(29)11-19(35-20)28-12-16(25)21(30)26-23(28)33/h2-8,12-13,17,19-20,29H,9-11H2,1H3,(H,27,34)(H,31,32)(H,26,30,33)/t13?,17-,19+,20-,38+/m0/s1. The van der Waals surface area contributed by atoms with E-state index in [4.69, 9.17) is 13.8 Å². The van der Waals surface area contributed by atoms with Crippen molar-refractivity contribution >= 4 is 24.5 Å². The molecule has 1 saturated carbocycles. The highest BCUT2D eigenvalue weighted by Gasteiger charge is 2.61. The lowest BCUT2D eigenvalue weighted by Crippen LogP contribution is -2.41. The summed E-state index contributed by atoms with van der Waals surface area (Å²) in [6.45, 7) is 1.28. The van der Waals surface area contributed by atoms with E-state index in [1.807, 2.05) is 23.2 Å². The van der Waals surface area contributed by atoms with Gasteiger partial charge in [-0.25, -0.2) is 9.36 Å². The van der Waals surface area contributed by atoms with E-state index in [0.717, 1.165) is 9.95 Å². The summed E-state index contributed by atoms with van der Waals surface area (Å²) in [6, 6.07) is 10.9. The molecule has 12 nitrogen and oxygen atoms in total. The number of aromatic nitrogens is 2. The Balaban J connectivity index is 1.44. The van der Waals surface area contributed by atoms with Gasteiger partial charge in [0.05, 0.1) is 12.3 Å². The third-order valence-electron chi connectivity index (χ3n) is 6.58. The number of halogens is 1. The molecule has 38 heavy (non-hydrogen) atoms. The molecule has 1 unspecified atom stereocenters. The van der Waals surface area contributed by atoms with E-state index in [1.54, 1.807) is 24.3 Å². The van der Waals surface area contributed by atoms with E-state index in [9.17, 15) is 33.6 Å². The van der Waals surface area contributed by atoms with Crippen molar-refractivity contribution in [3.05, 3.63) is 75.3 Å². The molecule has 1 aliphatic heterocycles. The number of aromatic amines is 1. The molecule has 2 fully saturated rings. The molecule has 2 aliphatic rings. The van der Waals surface area contributed by atoms with Crippen molar-refractivity contribution in [1.82, 2.24) is 14.6 Å². The van der Waals surface area contributed by atoms with Crippen molar-refractivity contribution < 1.29 is 37.7 Å². The summed E-state index contributed by atoms with van der Waals surface area (Å²) >= 11 is 0. The number of rotatable bonds is 9. The second-order valence-corrected chi connectivity index (χ2v) is 11.0. The molecule has 0 radical (unpaired) electrons. The Morgan fingerprint density at radius 2 is 1.97 bits per heavy atom. The minimum atomic E-state index is -4.41. The van der Waals surface area contributed by atoms with E-state index in [2.05, 4.69) is 5.09 Å². The number of benzene rings is 2. The number of H-pyrrole nitrogens is 1. The Morgan fingerprint density at radius 1 is 1.26 bits per heavy atom. The second-order valence-electron chi connectivity index (χ2n) is 9.37. The zero-order valence-electron chi connectivity index (χ0n) is 20.1. The monoisotopic (exact) mass is 549 g/mol. The number of hydrogen-bond donors (Lipinski definition) is 4. The van der Waals surface area contributed by atoms with Crippen molar-refractivity contribution in [2.45, 2.75) is 56.3 Å². The van der Waals surface area contributed by atoms with Gasteiger partial charge in [0.25, 0.3) is 5.56 Å². The smallest absolute Gasteiger partial charge is 0.460 e. The van der Waals surface area contributed by atoms with Crippen molar-refractivity contribution in [2.24, 2.45) is 0 Å². The van der Waals surface area contributed by atoms with Crippen molar-refractivity contribution in [3.8, 4) is 5.75 Å². The van der Waals surface area contributed by atoms with Crippen LogP contribution in [0, 0.1) is 5.82 Å². The zero-order valence-corrected chi connectivity index (χ0v) is 21.0. The first-order valence-corrected chi connectivity index (χ1v) is 13.4.